The van der Waals surface area contributed by atoms with E-state index in [0.717, 1.165) is 5.56 Å². The second-order valence-electron chi connectivity index (χ2n) is 4.57. The summed E-state index contributed by atoms with van der Waals surface area (Å²) in [4.78, 5) is 10.7. The molecule has 0 aliphatic carbocycles. The quantitative estimate of drug-likeness (QED) is 0.653. The Kier molecular flexibility index (Phi) is 5.03. The average Bonchev–Trinajstić information content (AvgIpc) is 2.48. The van der Waals surface area contributed by atoms with Crippen molar-refractivity contribution in [2.75, 3.05) is 7.05 Å². The molecule has 21 heavy (non-hydrogen) atoms. The predicted molar refractivity (Wildman–Crippen MR) is 82.7 cm³/mol. The van der Waals surface area contributed by atoms with E-state index in [9.17, 15) is 14.5 Å². The van der Waals surface area contributed by atoms with Gasteiger partial charge in [-0.05, 0) is 41.0 Å². The molecule has 1 unspecified atom stereocenters. The van der Waals surface area contributed by atoms with Gasteiger partial charge in [-0.15, -0.1) is 0 Å². The molecular formula is C15H14BrFN2O2. The van der Waals surface area contributed by atoms with Crippen LogP contribution in [-0.2, 0) is 6.42 Å². The number of halogens is 2. The number of nitrogens with zero attached hydrogens (tertiary/aromatic N) is 1. The first kappa shape index (κ1) is 15.6. The Morgan fingerprint density at radius 1 is 1.29 bits per heavy atom. The molecule has 2 aromatic rings. The molecule has 0 aliphatic heterocycles. The van der Waals surface area contributed by atoms with Crippen LogP contribution in [-0.4, -0.2) is 12.0 Å². The van der Waals surface area contributed by atoms with Crippen LogP contribution < -0.4 is 5.32 Å². The largest absolute Gasteiger partial charge is 0.313 e. The fraction of sp³-hybridized carbons (Fsp3) is 0.200. The molecule has 2 aromatic carbocycles. The first-order valence-electron chi connectivity index (χ1n) is 6.38. The molecule has 0 amide bonds. The van der Waals surface area contributed by atoms with Crippen LogP contribution in [0, 0.1) is 15.9 Å². The van der Waals surface area contributed by atoms with Crippen LogP contribution in [0.25, 0.3) is 0 Å². The van der Waals surface area contributed by atoms with Crippen LogP contribution in [0.3, 0.4) is 0 Å². The maximum Gasteiger partial charge on any atom is 0.272 e. The van der Waals surface area contributed by atoms with E-state index < -0.39 is 4.92 Å². The molecule has 0 heterocycles. The summed E-state index contributed by atoms with van der Waals surface area (Å²) < 4.78 is 14.0. The summed E-state index contributed by atoms with van der Waals surface area (Å²) in [5, 5.41) is 14.1. The fourth-order valence-corrected chi connectivity index (χ4v) is 2.78. The van der Waals surface area contributed by atoms with E-state index >= 15 is 0 Å². The summed E-state index contributed by atoms with van der Waals surface area (Å²) in [5.74, 6) is -0.352. The molecule has 0 aromatic heterocycles. The topological polar surface area (TPSA) is 55.2 Å². The van der Waals surface area contributed by atoms with Crippen molar-refractivity contribution in [3.63, 3.8) is 0 Å². The van der Waals surface area contributed by atoms with Crippen LogP contribution in [0.5, 0.6) is 0 Å². The van der Waals surface area contributed by atoms with Gasteiger partial charge in [-0.25, -0.2) is 4.39 Å². The van der Waals surface area contributed by atoms with Gasteiger partial charge < -0.3 is 5.32 Å². The molecule has 6 heteroatoms. The van der Waals surface area contributed by atoms with Crippen LogP contribution >= 0.6 is 15.9 Å². The van der Waals surface area contributed by atoms with Crippen molar-refractivity contribution in [1.82, 2.24) is 5.32 Å². The minimum absolute atomic E-state index is 0.0743. The summed E-state index contributed by atoms with van der Waals surface area (Å²) in [7, 11) is 1.75. The Morgan fingerprint density at radius 2 is 2.00 bits per heavy atom. The molecule has 1 atom stereocenters. The molecule has 0 saturated heterocycles. The minimum atomic E-state index is -0.400. The zero-order valence-electron chi connectivity index (χ0n) is 11.3. The van der Waals surface area contributed by atoms with Crippen molar-refractivity contribution < 1.29 is 9.31 Å². The molecule has 1 N–H and O–H groups in total. The van der Waals surface area contributed by atoms with Gasteiger partial charge in [0.1, 0.15) is 5.82 Å². The van der Waals surface area contributed by atoms with E-state index in [0.29, 0.717) is 16.5 Å². The number of rotatable bonds is 5. The lowest BCUT2D eigenvalue weighted by Crippen LogP contribution is -2.20. The molecule has 0 radical (unpaired) electrons. The summed E-state index contributed by atoms with van der Waals surface area (Å²) in [6, 6.07) is 11.1. The van der Waals surface area contributed by atoms with E-state index in [4.69, 9.17) is 0 Å². The number of nitro benzene ring substituents is 1. The summed E-state index contributed by atoms with van der Waals surface area (Å²) in [6.07, 6.45) is 0.399. The third kappa shape index (κ3) is 3.46. The predicted octanol–water partition coefficient (Wildman–Crippen LogP) is 4.00. The standard InChI is InChI=1S/C15H14BrFN2O2/c1-18-13(11-6-4-7-12(17)15(11)16)9-10-5-2-3-8-14(10)19(20)21/h2-8,13,18H,9H2,1H3. The second-order valence-corrected chi connectivity index (χ2v) is 5.37. The van der Waals surface area contributed by atoms with E-state index in [-0.39, 0.29) is 17.5 Å². The lowest BCUT2D eigenvalue weighted by atomic mass is 9.98. The maximum absolute atomic E-state index is 13.6. The molecule has 0 saturated carbocycles. The van der Waals surface area contributed by atoms with Gasteiger partial charge >= 0.3 is 0 Å². The van der Waals surface area contributed by atoms with Gasteiger partial charge in [-0.2, -0.15) is 0 Å². The highest BCUT2D eigenvalue weighted by Crippen LogP contribution is 2.30. The van der Waals surface area contributed by atoms with Gasteiger partial charge in [-0.3, -0.25) is 10.1 Å². The van der Waals surface area contributed by atoms with Crippen LogP contribution in [0.4, 0.5) is 10.1 Å². The molecule has 110 valence electrons. The van der Waals surface area contributed by atoms with Crippen molar-refractivity contribution in [3.8, 4) is 0 Å². The number of benzene rings is 2. The van der Waals surface area contributed by atoms with Gasteiger partial charge in [0.2, 0.25) is 0 Å². The van der Waals surface area contributed by atoms with E-state index in [2.05, 4.69) is 21.2 Å². The third-order valence-corrected chi connectivity index (χ3v) is 4.15. The Bertz CT molecular complexity index is 664. The molecule has 0 fully saturated rings. The maximum atomic E-state index is 13.6. The molecule has 2 rings (SSSR count). The first-order chi connectivity index (χ1) is 10.0. The Hall–Kier alpha value is -1.79. The van der Waals surface area contributed by atoms with Gasteiger partial charge in [0.15, 0.2) is 0 Å². The molecule has 0 aliphatic rings. The van der Waals surface area contributed by atoms with Crippen LogP contribution in [0.2, 0.25) is 0 Å². The zero-order valence-corrected chi connectivity index (χ0v) is 12.9. The number of hydrogen-bond acceptors (Lipinski definition) is 3. The van der Waals surface area contributed by atoms with Gasteiger partial charge in [-0.1, -0.05) is 30.3 Å². The Labute approximate surface area is 130 Å². The van der Waals surface area contributed by atoms with Crippen LogP contribution in [0.1, 0.15) is 17.2 Å². The number of nitrogens with one attached hydrogen (secondary N) is 1. The van der Waals surface area contributed by atoms with Crippen molar-refractivity contribution in [3.05, 3.63) is 74.0 Å². The van der Waals surface area contributed by atoms with Crippen molar-refractivity contribution in [2.24, 2.45) is 0 Å². The SMILES string of the molecule is CNC(Cc1ccccc1[N+](=O)[O-])c1cccc(F)c1Br. The zero-order chi connectivity index (χ0) is 15.4. The van der Waals surface area contributed by atoms with Crippen molar-refractivity contribution in [1.29, 1.82) is 0 Å². The summed E-state index contributed by atoms with van der Waals surface area (Å²) in [6.45, 7) is 0. The normalized spacial score (nSPS) is 12.1. The highest BCUT2D eigenvalue weighted by molar-refractivity contribution is 9.10. The van der Waals surface area contributed by atoms with E-state index in [1.54, 1.807) is 37.4 Å². The minimum Gasteiger partial charge on any atom is -0.313 e. The van der Waals surface area contributed by atoms with Crippen LogP contribution in [0.15, 0.2) is 46.9 Å². The van der Waals surface area contributed by atoms with Gasteiger partial charge in [0, 0.05) is 17.7 Å². The molecule has 0 bridgehead atoms. The van der Waals surface area contributed by atoms with Gasteiger partial charge in [0.25, 0.3) is 5.69 Å². The number of para-hydroxylation sites is 1. The summed E-state index contributed by atoms with van der Waals surface area (Å²) in [5.41, 5.74) is 1.42. The highest BCUT2D eigenvalue weighted by Gasteiger charge is 2.20. The molecule has 0 spiro atoms. The van der Waals surface area contributed by atoms with Gasteiger partial charge in [0.05, 0.1) is 9.40 Å². The average molecular weight is 353 g/mol. The Morgan fingerprint density at radius 3 is 2.67 bits per heavy atom. The van der Waals surface area contributed by atoms with E-state index in [1.807, 2.05) is 0 Å². The van der Waals surface area contributed by atoms with E-state index in [1.165, 1.54) is 12.1 Å². The van der Waals surface area contributed by atoms with Crippen molar-refractivity contribution in [2.45, 2.75) is 12.5 Å². The second kappa shape index (κ2) is 6.78. The smallest absolute Gasteiger partial charge is 0.272 e. The highest BCUT2D eigenvalue weighted by atomic mass is 79.9. The summed E-state index contributed by atoms with van der Waals surface area (Å²) >= 11 is 3.23. The molecule has 4 nitrogen and oxygen atoms in total. The van der Waals surface area contributed by atoms with Crippen molar-refractivity contribution >= 4 is 21.6 Å². The lowest BCUT2D eigenvalue weighted by Gasteiger charge is -2.18. The lowest BCUT2D eigenvalue weighted by molar-refractivity contribution is -0.385. The molecular weight excluding hydrogens is 339 g/mol. The third-order valence-electron chi connectivity index (χ3n) is 3.32. The monoisotopic (exact) mass is 352 g/mol. The number of hydrogen-bond donors (Lipinski definition) is 1. The number of nitro groups is 1. The number of likely N-dealkylation sites (N-methyl/N-ethyl adjacent to an activating group) is 1. The fourth-order valence-electron chi connectivity index (χ4n) is 2.24. The first-order valence-corrected chi connectivity index (χ1v) is 7.17. The Balaban J connectivity index is 2.36.